The van der Waals surface area contributed by atoms with E-state index in [9.17, 15) is 0 Å². The Bertz CT molecular complexity index is 570. The SMILES string of the molecule is CCC(C)(C)n1c(C(C)Cl)nc2c(C)ccnc21. The highest BCUT2D eigenvalue weighted by molar-refractivity contribution is 6.20. The van der Waals surface area contributed by atoms with E-state index in [0.29, 0.717) is 0 Å². The second-order valence-corrected chi connectivity index (χ2v) is 6.04. The number of pyridine rings is 1. The van der Waals surface area contributed by atoms with Gasteiger partial charge < -0.3 is 4.57 Å². The van der Waals surface area contributed by atoms with Gasteiger partial charge in [-0.05, 0) is 45.7 Å². The van der Waals surface area contributed by atoms with E-state index in [0.717, 1.165) is 29.0 Å². The van der Waals surface area contributed by atoms with Crippen molar-refractivity contribution in [1.29, 1.82) is 0 Å². The fourth-order valence-corrected chi connectivity index (χ4v) is 2.28. The van der Waals surface area contributed by atoms with Gasteiger partial charge in [0, 0.05) is 11.7 Å². The van der Waals surface area contributed by atoms with E-state index in [2.05, 4.69) is 37.2 Å². The van der Waals surface area contributed by atoms with Crippen LogP contribution in [0.5, 0.6) is 0 Å². The molecule has 0 aromatic carbocycles. The number of hydrogen-bond acceptors (Lipinski definition) is 2. The normalized spacial score (nSPS) is 14.1. The van der Waals surface area contributed by atoms with Gasteiger partial charge in [0.25, 0.3) is 0 Å². The third-order valence-corrected chi connectivity index (χ3v) is 3.80. The Morgan fingerprint density at radius 1 is 1.44 bits per heavy atom. The summed E-state index contributed by atoms with van der Waals surface area (Å²) in [5.74, 6) is 0.903. The molecule has 2 aromatic heterocycles. The van der Waals surface area contributed by atoms with Crippen LogP contribution < -0.4 is 0 Å². The van der Waals surface area contributed by atoms with Crippen molar-refractivity contribution in [2.75, 3.05) is 0 Å². The molecule has 98 valence electrons. The molecule has 1 atom stereocenters. The third-order valence-electron chi connectivity index (χ3n) is 3.60. The molecule has 0 aliphatic heterocycles. The highest BCUT2D eigenvalue weighted by Gasteiger charge is 2.27. The summed E-state index contributed by atoms with van der Waals surface area (Å²) in [7, 11) is 0. The topological polar surface area (TPSA) is 30.7 Å². The molecule has 0 fully saturated rings. The number of nitrogens with zero attached hydrogens (tertiary/aromatic N) is 3. The Hall–Kier alpha value is -1.09. The van der Waals surface area contributed by atoms with Crippen molar-refractivity contribution in [3.05, 3.63) is 23.7 Å². The van der Waals surface area contributed by atoms with Crippen LogP contribution in [0.3, 0.4) is 0 Å². The molecule has 0 radical (unpaired) electrons. The summed E-state index contributed by atoms with van der Waals surface area (Å²) in [4.78, 5) is 9.20. The van der Waals surface area contributed by atoms with E-state index in [4.69, 9.17) is 16.6 Å². The van der Waals surface area contributed by atoms with E-state index in [1.807, 2.05) is 19.2 Å². The average Bonchev–Trinajstić information content (AvgIpc) is 2.70. The molecule has 0 spiro atoms. The number of fused-ring (bicyclic) bond motifs is 1. The highest BCUT2D eigenvalue weighted by Crippen LogP contribution is 2.32. The summed E-state index contributed by atoms with van der Waals surface area (Å²) >= 11 is 6.28. The standard InChI is InChI=1S/C14H20ClN3/c1-6-14(4,5)18-12(10(3)15)17-11-9(2)7-8-16-13(11)18/h7-8,10H,6H2,1-5H3. The zero-order valence-electron chi connectivity index (χ0n) is 11.7. The predicted molar refractivity (Wildman–Crippen MR) is 76.1 cm³/mol. The van der Waals surface area contributed by atoms with Crippen LogP contribution in [0.15, 0.2) is 12.3 Å². The van der Waals surface area contributed by atoms with Crippen molar-refractivity contribution in [2.24, 2.45) is 0 Å². The molecular formula is C14H20ClN3. The van der Waals surface area contributed by atoms with Crippen molar-refractivity contribution < 1.29 is 0 Å². The Balaban J connectivity index is 2.83. The first kappa shape index (κ1) is 13.3. The van der Waals surface area contributed by atoms with Crippen LogP contribution in [0.4, 0.5) is 0 Å². The number of halogens is 1. The first-order valence-corrected chi connectivity index (χ1v) is 6.80. The fraction of sp³-hybridized carbons (Fsp3) is 0.571. The molecule has 0 aliphatic rings. The Labute approximate surface area is 113 Å². The zero-order chi connectivity index (χ0) is 13.5. The van der Waals surface area contributed by atoms with Crippen LogP contribution in [-0.2, 0) is 5.54 Å². The smallest absolute Gasteiger partial charge is 0.160 e. The van der Waals surface area contributed by atoms with Gasteiger partial charge in [0.1, 0.15) is 11.3 Å². The minimum Gasteiger partial charge on any atom is -0.306 e. The van der Waals surface area contributed by atoms with Crippen molar-refractivity contribution in [2.45, 2.75) is 52.0 Å². The number of rotatable bonds is 3. The van der Waals surface area contributed by atoms with Crippen molar-refractivity contribution in [1.82, 2.24) is 14.5 Å². The van der Waals surface area contributed by atoms with Crippen molar-refractivity contribution in [3.63, 3.8) is 0 Å². The number of imidazole rings is 1. The van der Waals surface area contributed by atoms with Gasteiger partial charge in [-0.2, -0.15) is 0 Å². The Morgan fingerprint density at radius 2 is 2.11 bits per heavy atom. The molecule has 0 saturated carbocycles. The molecule has 2 rings (SSSR count). The summed E-state index contributed by atoms with van der Waals surface area (Å²) in [5, 5.41) is -0.121. The molecule has 0 N–H and O–H groups in total. The van der Waals surface area contributed by atoms with E-state index in [1.54, 1.807) is 0 Å². The summed E-state index contributed by atoms with van der Waals surface area (Å²) in [6.45, 7) is 10.6. The minimum absolute atomic E-state index is 0.0337. The Kier molecular flexibility index (Phi) is 3.37. The van der Waals surface area contributed by atoms with Gasteiger partial charge >= 0.3 is 0 Å². The van der Waals surface area contributed by atoms with Gasteiger partial charge in [0.05, 0.1) is 5.38 Å². The molecule has 18 heavy (non-hydrogen) atoms. The first-order chi connectivity index (χ1) is 8.38. The number of aryl methyl sites for hydroxylation is 1. The highest BCUT2D eigenvalue weighted by atomic mass is 35.5. The quantitative estimate of drug-likeness (QED) is 0.780. The van der Waals surface area contributed by atoms with Gasteiger partial charge in [0.2, 0.25) is 0 Å². The van der Waals surface area contributed by atoms with E-state index in [-0.39, 0.29) is 10.9 Å². The van der Waals surface area contributed by atoms with E-state index >= 15 is 0 Å². The van der Waals surface area contributed by atoms with Gasteiger partial charge in [-0.3, -0.25) is 0 Å². The maximum Gasteiger partial charge on any atom is 0.160 e. The van der Waals surface area contributed by atoms with Crippen LogP contribution in [0.2, 0.25) is 0 Å². The molecule has 3 nitrogen and oxygen atoms in total. The number of aromatic nitrogens is 3. The lowest BCUT2D eigenvalue weighted by Crippen LogP contribution is -2.27. The van der Waals surface area contributed by atoms with E-state index < -0.39 is 0 Å². The van der Waals surface area contributed by atoms with Gasteiger partial charge in [0.15, 0.2) is 5.65 Å². The molecular weight excluding hydrogens is 246 g/mol. The third kappa shape index (κ3) is 2.01. The second kappa shape index (κ2) is 4.54. The lowest BCUT2D eigenvalue weighted by Gasteiger charge is -2.28. The summed E-state index contributed by atoms with van der Waals surface area (Å²) < 4.78 is 2.19. The molecule has 0 bridgehead atoms. The number of hydrogen-bond donors (Lipinski definition) is 0. The van der Waals surface area contributed by atoms with Crippen molar-refractivity contribution >= 4 is 22.8 Å². The average molecular weight is 266 g/mol. The lowest BCUT2D eigenvalue weighted by molar-refractivity contribution is 0.339. The largest absolute Gasteiger partial charge is 0.306 e. The summed E-state index contributed by atoms with van der Waals surface area (Å²) in [5.41, 5.74) is 3.00. The van der Waals surface area contributed by atoms with Crippen LogP contribution in [-0.4, -0.2) is 14.5 Å². The van der Waals surface area contributed by atoms with Gasteiger partial charge in [-0.15, -0.1) is 11.6 Å². The number of alkyl halides is 1. The molecule has 0 saturated heterocycles. The summed E-state index contributed by atoms with van der Waals surface area (Å²) in [6.07, 6.45) is 2.84. The monoisotopic (exact) mass is 265 g/mol. The predicted octanol–water partition coefficient (Wildman–Crippen LogP) is 4.18. The van der Waals surface area contributed by atoms with Crippen LogP contribution in [0.25, 0.3) is 11.2 Å². The molecule has 1 unspecified atom stereocenters. The molecule has 2 aromatic rings. The maximum absolute atomic E-state index is 6.28. The second-order valence-electron chi connectivity index (χ2n) is 5.39. The van der Waals surface area contributed by atoms with E-state index in [1.165, 1.54) is 0 Å². The van der Waals surface area contributed by atoms with Gasteiger partial charge in [-0.1, -0.05) is 6.92 Å². The molecule has 0 amide bonds. The molecule has 2 heterocycles. The van der Waals surface area contributed by atoms with Crippen LogP contribution in [0.1, 0.15) is 50.9 Å². The fourth-order valence-electron chi connectivity index (χ4n) is 2.13. The van der Waals surface area contributed by atoms with Crippen LogP contribution in [0, 0.1) is 6.92 Å². The van der Waals surface area contributed by atoms with Crippen molar-refractivity contribution in [3.8, 4) is 0 Å². The Morgan fingerprint density at radius 3 is 2.67 bits per heavy atom. The molecule has 4 heteroatoms. The zero-order valence-corrected chi connectivity index (χ0v) is 12.4. The maximum atomic E-state index is 6.28. The minimum atomic E-state index is -0.121. The van der Waals surface area contributed by atoms with Gasteiger partial charge in [-0.25, -0.2) is 9.97 Å². The lowest BCUT2D eigenvalue weighted by atomic mass is 10.0. The first-order valence-electron chi connectivity index (χ1n) is 6.37. The molecule has 0 aliphatic carbocycles. The van der Waals surface area contributed by atoms with Crippen LogP contribution >= 0.6 is 11.6 Å². The summed E-state index contributed by atoms with van der Waals surface area (Å²) in [6, 6.07) is 1.99.